The van der Waals surface area contributed by atoms with Crippen LogP contribution in [0.1, 0.15) is 0 Å². The van der Waals surface area contributed by atoms with Gasteiger partial charge in [-0.2, -0.15) is 0 Å². The molecule has 2 heteroatoms. The molecular weight excluding hydrogens is 653 g/mol. The normalized spacial score (nSPS) is 11.3. The lowest BCUT2D eigenvalue weighted by atomic mass is 9.91. The van der Waals surface area contributed by atoms with Crippen LogP contribution in [0.2, 0.25) is 0 Å². The van der Waals surface area contributed by atoms with Crippen LogP contribution in [-0.2, 0) is 0 Å². The smallest absolute Gasteiger partial charge is 0.0561 e. The minimum atomic E-state index is 1.08. The fourth-order valence-electron chi connectivity index (χ4n) is 8.21. The molecule has 0 saturated heterocycles. The summed E-state index contributed by atoms with van der Waals surface area (Å²) in [6.45, 7) is 0. The van der Waals surface area contributed by atoms with Gasteiger partial charge in [0.15, 0.2) is 0 Å². The van der Waals surface area contributed by atoms with E-state index in [9.17, 15) is 0 Å². The molecule has 2 nitrogen and oxygen atoms in total. The number of anilines is 3. The van der Waals surface area contributed by atoms with E-state index >= 15 is 0 Å². The van der Waals surface area contributed by atoms with Crippen LogP contribution in [-0.4, -0.2) is 4.57 Å². The van der Waals surface area contributed by atoms with Gasteiger partial charge in [0.1, 0.15) is 0 Å². The molecule has 0 fully saturated rings. The van der Waals surface area contributed by atoms with Crippen LogP contribution < -0.4 is 4.90 Å². The van der Waals surface area contributed by atoms with Gasteiger partial charge in [-0.1, -0.05) is 176 Å². The summed E-state index contributed by atoms with van der Waals surface area (Å²) in [7, 11) is 0. The van der Waals surface area contributed by atoms with Crippen molar-refractivity contribution in [2.75, 3.05) is 4.90 Å². The largest absolute Gasteiger partial charge is 0.309 e. The Labute approximate surface area is 315 Å². The molecule has 1 heterocycles. The van der Waals surface area contributed by atoms with E-state index in [0.717, 1.165) is 28.3 Å². The predicted octanol–water partition coefficient (Wildman–Crippen LogP) is 14.4. The van der Waals surface area contributed by atoms with Gasteiger partial charge in [-0.15, -0.1) is 0 Å². The Kier molecular flexibility index (Phi) is 7.85. The Morgan fingerprint density at radius 2 is 0.889 bits per heavy atom. The molecule has 1 aromatic heterocycles. The molecule has 0 aliphatic rings. The molecular formula is C52H36N2. The van der Waals surface area contributed by atoms with Crippen molar-refractivity contribution in [3.63, 3.8) is 0 Å². The molecule has 254 valence electrons. The lowest BCUT2D eigenvalue weighted by Crippen LogP contribution is -2.13. The highest BCUT2D eigenvalue weighted by atomic mass is 15.2. The molecule has 0 amide bonds. The Morgan fingerprint density at radius 3 is 1.61 bits per heavy atom. The van der Waals surface area contributed by atoms with E-state index in [2.05, 4.69) is 228 Å². The summed E-state index contributed by atoms with van der Waals surface area (Å²) < 4.78 is 2.41. The van der Waals surface area contributed by atoms with Crippen LogP contribution in [0.4, 0.5) is 17.1 Å². The van der Waals surface area contributed by atoms with Gasteiger partial charge < -0.3 is 9.47 Å². The second-order valence-corrected chi connectivity index (χ2v) is 13.7. The van der Waals surface area contributed by atoms with Crippen LogP contribution in [0, 0.1) is 0 Å². The second-order valence-electron chi connectivity index (χ2n) is 13.7. The van der Waals surface area contributed by atoms with Crippen molar-refractivity contribution in [2.24, 2.45) is 0 Å². The lowest BCUT2D eigenvalue weighted by molar-refractivity contribution is 1.18. The first-order valence-electron chi connectivity index (χ1n) is 18.5. The van der Waals surface area contributed by atoms with Crippen molar-refractivity contribution in [2.45, 2.75) is 0 Å². The summed E-state index contributed by atoms with van der Waals surface area (Å²) in [5.41, 5.74) is 13.9. The highest BCUT2D eigenvalue weighted by Crippen LogP contribution is 2.50. The van der Waals surface area contributed by atoms with Crippen LogP contribution in [0.3, 0.4) is 0 Å². The quantitative estimate of drug-likeness (QED) is 0.162. The average Bonchev–Trinajstić information content (AvgIpc) is 3.58. The van der Waals surface area contributed by atoms with E-state index in [1.807, 2.05) is 0 Å². The maximum absolute atomic E-state index is 2.50. The van der Waals surface area contributed by atoms with Crippen LogP contribution >= 0.6 is 0 Å². The molecule has 0 unspecified atom stereocenters. The van der Waals surface area contributed by atoms with E-state index in [1.165, 1.54) is 60.4 Å². The highest BCUT2D eigenvalue weighted by Gasteiger charge is 2.25. The van der Waals surface area contributed by atoms with Gasteiger partial charge >= 0.3 is 0 Å². The van der Waals surface area contributed by atoms with Gasteiger partial charge in [-0.3, -0.25) is 0 Å². The maximum atomic E-state index is 2.50. The lowest BCUT2D eigenvalue weighted by Gasteiger charge is -2.31. The molecule has 0 aliphatic heterocycles. The van der Waals surface area contributed by atoms with Crippen molar-refractivity contribution in [3.05, 3.63) is 218 Å². The van der Waals surface area contributed by atoms with Crippen molar-refractivity contribution >= 4 is 49.6 Å². The number of rotatable bonds is 7. The van der Waals surface area contributed by atoms with Gasteiger partial charge in [-0.25, -0.2) is 0 Å². The molecule has 54 heavy (non-hydrogen) atoms. The van der Waals surface area contributed by atoms with Gasteiger partial charge in [0.05, 0.1) is 22.4 Å². The van der Waals surface area contributed by atoms with Gasteiger partial charge in [0, 0.05) is 33.3 Å². The average molecular weight is 689 g/mol. The Balaban J connectivity index is 1.34. The standard InChI is InChI=1S/C52H36N2/c1-5-18-37(19-6-1)44-29-17-31-48(51(44)39-21-7-2-8-22-39)54(49-35-32-38-20-13-14-27-43(38)52(49)40-23-9-3-10-24-40)42-33-34-46-45-28-15-16-30-47(45)53(50(46)36-42)41-25-11-4-12-26-41/h1-36H. The Morgan fingerprint density at radius 1 is 0.333 bits per heavy atom. The predicted molar refractivity (Wildman–Crippen MR) is 229 cm³/mol. The minimum Gasteiger partial charge on any atom is -0.309 e. The number of fused-ring (bicyclic) bond motifs is 4. The summed E-state index contributed by atoms with van der Waals surface area (Å²) in [5, 5.41) is 4.88. The maximum Gasteiger partial charge on any atom is 0.0561 e. The number of para-hydroxylation sites is 2. The number of hydrogen-bond acceptors (Lipinski definition) is 1. The second kappa shape index (κ2) is 13.4. The molecule has 0 radical (unpaired) electrons. The number of aromatic nitrogens is 1. The van der Waals surface area contributed by atoms with Crippen molar-refractivity contribution < 1.29 is 0 Å². The van der Waals surface area contributed by atoms with Crippen LogP contribution in [0.15, 0.2) is 218 Å². The van der Waals surface area contributed by atoms with E-state index in [1.54, 1.807) is 0 Å². The summed E-state index contributed by atoms with van der Waals surface area (Å²) in [4.78, 5) is 2.50. The Hall–Kier alpha value is -7.16. The van der Waals surface area contributed by atoms with E-state index < -0.39 is 0 Å². The molecule has 0 N–H and O–H groups in total. The third-order valence-electron chi connectivity index (χ3n) is 10.6. The summed E-state index contributed by atoms with van der Waals surface area (Å²) in [6, 6.07) is 79.0. The zero-order chi connectivity index (χ0) is 35.8. The first-order valence-corrected chi connectivity index (χ1v) is 18.5. The van der Waals surface area contributed by atoms with E-state index in [4.69, 9.17) is 0 Å². The summed E-state index contributed by atoms with van der Waals surface area (Å²) in [5.74, 6) is 0. The third-order valence-corrected chi connectivity index (χ3v) is 10.6. The molecule has 0 bridgehead atoms. The van der Waals surface area contributed by atoms with Crippen LogP contribution in [0.25, 0.3) is 71.6 Å². The topological polar surface area (TPSA) is 8.17 Å². The van der Waals surface area contributed by atoms with Crippen LogP contribution in [0.5, 0.6) is 0 Å². The van der Waals surface area contributed by atoms with Crippen molar-refractivity contribution in [1.82, 2.24) is 4.57 Å². The van der Waals surface area contributed by atoms with Crippen molar-refractivity contribution in [1.29, 1.82) is 0 Å². The number of nitrogens with zero attached hydrogens (tertiary/aromatic N) is 2. The van der Waals surface area contributed by atoms with Gasteiger partial charge in [-0.05, 0) is 75.5 Å². The number of hydrogen-bond donors (Lipinski definition) is 0. The fraction of sp³-hybridized carbons (Fsp3) is 0. The minimum absolute atomic E-state index is 1.08. The molecule has 0 spiro atoms. The molecule has 0 saturated carbocycles. The SMILES string of the molecule is c1ccc(-c2cccc(N(c3ccc4c5ccccc5n(-c5ccccc5)c4c3)c3ccc4ccccc4c3-c3ccccc3)c2-c2ccccc2)cc1. The highest BCUT2D eigenvalue weighted by molar-refractivity contribution is 6.12. The third kappa shape index (κ3) is 5.36. The molecule has 10 rings (SSSR count). The molecule has 10 aromatic rings. The fourth-order valence-corrected chi connectivity index (χ4v) is 8.21. The number of benzene rings is 9. The molecule has 0 aliphatic carbocycles. The first-order chi connectivity index (χ1) is 26.8. The van der Waals surface area contributed by atoms with E-state index in [-0.39, 0.29) is 0 Å². The van der Waals surface area contributed by atoms with Gasteiger partial charge in [0.25, 0.3) is 0 Å². The first kappa shape index (κ1) is 31.6. The van der Waals surface area contributed by atoms with Crippen molar-refractivity contribution in [3.8, 4) is 39.1 Å². The Bertz CT molecular complexity index is 2910. The van der Waals surface area contributed by atoms with Gasteiger partial charge in [0.2, 0.25) is 0 Å². The summed E-state index contributed by atoms with van der Waals surface area (Å²) in [6.07, 6.45) is 0. The summed E-state index contributed by atoms with van der Waals surface area (Å²) >= 11 is 0. The monoisotopic (exact) mass is 688 g/mol. The zero-order valence-electron chi connectivity index (χ0n) is 29.7. The molecule has 0 atom stereocenters. The van der Waals surface area contributed by atoms with E-state index in [0.29, 0.717) is 0 Å². The molecule has 9 aromatic carbocycles. The zero-order valence-corrected chi connectivity index (χ0v) is 29.7.